The average Bonchev–Trinajstić information content (AvgIpc) is 2.51. The van der Waals surface area contributed by atoms with E-state index in [9.17, 15) is 0 Å². The zero-order valence-corrected chi connectivity index (χ0v) is 13.0. The SMILES string of the molecule is CC=C(c1ccc(OCCCC)cc1)C1CCCCC1. The van der Waals surface area contributed by atoms with Gasteiger partial charge >= 0.3 is 0 Å². The molecule has 0 aromatic heterocycles. The lowest BCUT2D eigenvalue weighted by atomic mass is 9.81. The van der Waals surface area contributed by atoms with Crippen LogP contribution in [-0.4, -0.2) is 6.61 Å². The Morgan fingerprint density at radius 2 is 1.85 bits per heavy atom. The van der Waals surface area contributed by atoms with Gasteiger partial charge in [0.15, 0.2) is 0 Å². The summed E-state index contributed by atoms with van der Waals surface area (Å²) in [6.07, 6.45) is 11.5. The quantitative estimate of drug-likeness (QED) is 0.590. The number of benzene rings is 1. The van der Waals surface area contributed by atoms with Gasteiger partial charge in [0.1, 0.15) is 5.75 Å². The van der Waals surface area contributed by atoms with Crippen molar-refractivity contribution in [2.24, 2.45) is 5.92 Å². The van der Waals surface area contributed by atoms with Gasteiger partial charge in [-0.25, -0.2) is 0 Å². The molecule has 2 rings (SSSR count). The Kier molecular flexibility index (Phi) is 6.17. The second-order valence-electron chi connectivity index (χ2n) is 5.81. The van der Waals surface area contributed by atoms with Crippen LogP contribution in [0.3, 0.4) is 0 Å². The van der Waals surface area contributed by atoms with E-state index in [2.05, 4.69) is 44.2 Å². The Balaban J connectivity index is 1.99. The van der Waals surface area contributed by atoms with E-state index < -0.39 is 0 Å². The van der Waals surface area contributed by atoms with Crippen molar-refractivity contribution in [2.45, 2.75) is 58.8 Å². The standard InChI is InChI=1S/C19H28O/c1-3-5-15-20-18-13-11-17(12-14-18)19(4-2)16-9-7-6-8-10-16/h4,11-14,16H,3,5-10,15H2,1-2H3. The summed E-state index contributed by atoms with van der Waals surface area (Å²) in [5.41, 5.74) is 2.91. The van der Waals surface area contributed by atoms with Crippen LogP contribution in [0.5, 0.6) is 5.75 Å². The molecule has 1 heteroatoms. The molecule has 1 aromatic rings. The van der Waals surface area contributed by atoms with Crippen LogP contribution in [0.1, 0.15) is 64.4 Å². The molecule has 0 unspecified atom stereocenters. The van der Waals surface area contributed by atoms with Gasteiger partial charge in [-0.2, -0.15) is 0 Å². The first-order valence-corrected chi connectivity index (χ1v) is 8.24. The van der Waals surface area contributed by atoms with Crippen LogP contribution >= 0.6 is 0 Å². The highest BCUT2D eigenvalue weighted by Crippen LogP contribution is 2.35. The summed E-state index contributed by atoms with van der Waals surface area (Å²) >= 11 is 0. The summed E-state index contributed by atoms with van der Waals surface area (Å²) in [4.78, 5) is 0. The first-order valence-electron chi connectivity index (χ1n) is 8.24. The summed E-state index contributed by atoms with van der Waals surface area (Å²) in [6, 6.07) is 8.70. The molecule has 0 radical (unpaired) electrons. The highest BCUT2D eigenvalue weighted by Gasteiger charge is 2.18. The zero-order valence-electron chi connectivity index (χ0n) is 13.0. The Morgan fingerprint density at radius 1 is 1.15 bits per heavy atom. The monoisotopic (exact) mass is 272 g/mol. The Labute approximate surface area is 124 Å². The van der Waals surface area contributed by atoms with E-state index >= 15 is 0 Å². The highest BCUT2D eigenvalue weighted by atomic mass is 16.5. The fourth-order valence-corrected chi connectivity index (χ4v) is 3.13. The molecule has 1 nitrogen and oxygen atoms in total. The van der Waals surface area contributed by atoms with E-state index in [1.807, 2.05) is 0 Å². The molecule has 1 fully saturated rings. The second kappa shape index (κ2) is 8.14. The van der Waals surface area contributed by atoms with Crippen LogP contribution in [-0.2, 0) is 0 Å². The van der Waals surface area contributed by atoms with Gasteiger partial charge < -0.3 is 4.74 Å². The minimum Gasteiger partial charge on any atom is -0.494 e. The minimum atomic E-state index is 0.764. The number of rotatable bonds is 6. The first-order chi connectivity index (χ1) is 9.85. The van der Waals surface area contributed by atoms with E-state index in [1.54, 1.807) is 0 Å². The summed E-state index contributed by atoms with van der Waals surface area (Å²) in [7, 11) is 0. The predicted molar refractivity (Wildman–Crippen MR) is 87.1 cm³/mol. The fraction of sp³-hybridized carbons (Fsp3) is 0.579. The van der Waals surface area contributed by atoms with Crippen molar-refractivity contribution in [3.63, 3.8) is 0 Å². The van der Waals surface area contributed by atoms with Crippen LogP contribution in [0.2, 0.25) is 0 Å². The molecule has 0 bridgehead atoms. The van der Waals surface area contributed by atoms with Gasteiger partial charge in [0, 0.05) is 0 Å². The van der Waals surface area contributed by atoms with Gasteiger partial charge in [-0.1, -0.05) is 50.8 Å². The third-order valence-electron chi connectivity index (χ3n) is 4.31. The fourth-order valence-electron chi connectivity index (χ4n) is 3.13. The average molecular weight is 272 g/mol. The summed E-state index contributed by atoms with van der Waals surface area (Å²) in [5.74, 6) is 1.77. The van der Waals surface area contributed by atoms with Crippen LogP contribution in [0.4, 0.5) is 0 Å². The maximum absolute atomic E-state index is 5.74. The largest absolute Gasteiger partial charge is 0.494 e. The topological polar surface area (TPSA) is 9.23 Å². The number of ether oxygens (including phenoxy) is 1. The van der Waals surface area contributed by atoms with Crippen molar-refractivity contribution >= 4 is 5.57 Å². The van der Waals surface area contributed by atoms with Gasteiger partial charge in [0.2, 0.25) is 0 Å². The van der Waals surface area contributed by atoms with Crippen LogP contribution < -0.4 is 4.74 Å². The van der Waals surface area contributed by atoms with Crippen LogP contribution in [0, 0.1) is 5.92 Å². The van der Waals surface area contributed by atoms with E-state index in [-0.39, 0.29) is 0 Å². The third kappa shape index (κ3) is 4.13. The van der Waals surface area contributed by atoms with Gasteiger partial charge in [-0.05, 0) is 55.4 Å². The molecule has 1 aromatic carbocycles. The summed E-state index contributed by atoms with van der Waals surface area (Å²) < 4.78 is 5.74. The molecular weight excluding hydrogens is 244 g/mol. The van der Waals surface area contributed by atoms with Crippen molar-refractivity contribution in [3.8, 4) is 5.75 Å². The maximum atomic E-state index is 5.74. The maximum Gasteiger partial charge on any atom is 0.119 e. The lowest BCUT2D eigenvalue weighted by molar-refractivity contribution is 0.309. The molecule has 0 N–H and O–H groups in total. The van der Waals surface area contributed by atoms with E-state index in [4.69, 9.17) is 4.74 Å². The van der Waals surface area contributed by atoms with E-state index in [0.717, 1.165) is 24.7 Å². The van der Waals surface area contributed by atoms with Crippen molar-refractivity contribution in [3.05, 3.63) is 35.9 Å². The molecule has 0 amide bonds. The zero-order chi connectivity index (χ0) is 14.2. The second-order valence-corrected chi connectivity index (χ2v) is 5.81. The number of unbranched alkanes of at least 4 members (excludes halogenated alkanes) is 1. The van der Waals surface area contributed by atoms with Gasteiger partial charge in [-0.3, -0.25) is 0 Å². The van der Waals surface area contributed by atoms with E-state index in [0.29, 0.717) is 0 Å². The molecule has 0 saturated heterocycles. The molecule has 0 atom stereocenters. The van der Waals surface area contributed by atoms with Gasteiger partial charge in [0.25, 0.3) is 0 Å². The minimum absolute atomic E-state index is 0.764. The molecule has 0 spiro atoms. The molecule has 110 valence electrons. The summed E-state index contributed by atoms with van der Waals surface area (Å²) in [5, 5.41) is 0. The molecule has 1 aliphatic rings. The Morgan fingerprint density at radius 3 is 2.45 bits per heavy atom. The van der Waals surface area contributed by atoms with Crippen molar-refractivity contribution in [2.75, 3.05) is 6.61 Å². The van der Waals surface area contributed by atoms with Gasteiger partial charge in [-0.15, -0.1) is 0 Å². The number of allylic oxidation sites excluding steroid dienone is 2. The van der Waals surface area contributed by atoms with Crippen molar-refractivity contribution in [1.82, 2.24) is 0 Å². The lowest BCUT2D eigenvalue weighted by Gasteiger charge is -2.25. The highest BCUT2D eigenvalue weighted by molar-refractivity contribution is 5.67. The Hall–Kier alpha value is -1.24. The van der Waals surface area contributed by atoms with Crippen molar-refractivity contribution in [1.29, 1.82) is 0 Å². The number of hydrogen-bond acceptors (Lipinski definition) is 1. The normalized spacial score (nSPS) is 17.2. The Bertz CT molecular complexity index is 410. The van der Waals surface area contributed by atoms with Gasteiger partial charge in [0.05, 0.1) is 6.61 Å². The summed E-state index contributed by atoms with van der Waals surface area (Å²) in [6.45, 7) is 5.19. The number of hydrogen-bond donors (Lipinski definition) is 0. The lowest BCUT2D eigenvalue weighted by Crippen LogP contribution is -2.08. The first kappa shape index (κ1) is 15.2. The van der Waals surface area contributed by atoms with Crippen LogP contribution in [0.15, 0.2) is 30.3 Å². The predicted octanol–water partition coefficient (Wildman–Crippen LogP) is 5.85. The molecular formula is C19H28O. The van der Waals surface area contributed by atoms with Crippen LogP contribution in [0.25, 0.3) is 5.57 Å². The molecule has 1 saturated carbocycles. The molecule has 1 aliphatic carbocycles. The van der Waals surface area contributed by atoms with E-state index in [1.165, 1.54) is 49.7 Å². The molecule has 0 heterocycles. The molecule has 0 aliphatic heterocycles. The smallest absolute Gasteiger partial charge is 0.119 e. The molecule has 20 heavy (non-hydrogen) atoms. The third-order valence-corrected chi connectivity index (χ3v) is 4.31. The van der Waals surface area contributed by atoms with Crippen molar-refractivity contribution < 1.29 is 4.74 Å².